The molecule has 1 aromatic heterocycles. The predicted octanol–water partition coefficient (Wildman–Crippen LogP) is 3.33. The number of rotatable bonds is 7. The Morgan fingerprint density at radius 3 is 2.39 bits per heavy atom. The maximum atomic E-state index is 11.1. The van der Waals surface area contributed by atoms with Gasteiger partial charge in [-0.3, -0.25) is 4.79 Å². The van der Waals surface area contributed by atoms with Crippen molar-refractivity contribution in [1.82, 2.24) is 15.2 Å². The van der Waals surface area contributed by atoms with E-state index < -0.39 is 0 Å². The van der Waals surface area contributed by atoms with E-state index in [0.29, 0.717) is 34.6 Å². The molecule has 2 aromatic carbocycles. The Kier molecular flexibility index (Phi) is 5.85. The predicted molar refractivity (Wildman–Crippen MR) is 107 cm³/mol. The van der Waals surface area contributed by atoms with E-state index in [-0.39, 0.29) is 5.91 Å². The van der Waals surface area contributed by atoms with Crippen molar-refractivity contribution in [3.8, 4) is 11.5 Å². The third kappa shape index (κ3) is 4.85. The van der Waals surface area contributed by atoms with E-state index >= 15 is 0 Å². The summed E-state index contributed by atoms with van der Waals surface area (Å²) >= 11 is 0. The van der Waals surface area contributed by atoms with Gasteiger partial charge in [-0.2, -0.15) is 10.1 Å². The van der Waals surface area contributed by atoms with Gasteiger partial charge in [0, 0.05) is 24.4 Å². The second kappa shape index (κ2) is 8.67. The number of hydrogen-bond donors (Lipinski definition) is 3. The zero-order valence-corrected chi connectivity index (χ0v) is 15.7. The fourth-order valence-corrected chi connectivity index (χ4v) is 2.44. The molecule has 1 amide bonds. The Hall–Kier alpha value is -3.88. The number of carbonyl (C=O) groups excluding carboxylic acids is 1. The minimum Gasteiger partial charge on any atom is -0.497 e. The van der Waals surface area contributed by atoms with Crippen molar-refractivity contribution >= 4 is 34.7 Å². The molecular weight excluding hydrogens is 360 g/mol. The number of methoxy groups -OCH3 is 2. The second-order valence-corrected chi connectivity index (χ2v) is 5.74. The topological polar surface area (TPSA) is 110 Å². The van der Waals surface area contributed by atoms with Crippen LogP contribution in [0.3, 0.4) is 0 Å². The molecule has 0 spiro atoms. The molecule has 28 heavy (non-hydrogen) atoms. The lowest BCUT2D eigenvalue weighted by Gasteiger charge is -2.12. The maximum absolute atomic E-state index is 11.1. The second-order valence-electron chi connectivity index (χ2n) is 5.74. The molecular formula is C19H20N6O3. The summed E-state index contributed by atoms with van der Waals surface area (Å²) in [6.07, 6.45) is 1.51. The molecule has 3 aromatic rings. The number of benzene rings is 2. The summed E-state index contributed by atoms with van der Waals surface area (Å²) in [5, 5.41) is 16.9. The lowest BCUT2D eigenvalue weighted by Crippen LogP contribution is -2.06. The molecule has 3 N–H and O–H groups in total. The van der Waals surface area contributed by atoms with Crippen LogP contribution in [0.25, 0.3) is 0 Å². The Labute approximate surface area is 162 Å². The molecule has 0 radical (unpaired) electrons. The van der Waals surface area contributed by atoms with Gasteiger partial charge in [-0.15, -0.1) is 5.10 Å². The van der Waals surface area contributed by atoms with E-state index in [2.05, 4.69) is 31.1 Å². The largest absolute Gasteiger partial charge is 0.497 e. The van der Waals surface area contributed by atoms with Crippen molar-refractivity contribution in [2.45, 2.75) is 6.92 Å². The molecule has 0 fully saturated rings. The van der Waals surface area contributed by atoms with Gasteiger partial charge < -0.3 is 25.4 Å². The van der Waals surface area contributed by atoms with E-state index in [1.165, 1.54) is 13.1 Å². The average molecular weight is 380 g/mol. The first-order valence-electron chi connectivity index (χ1n) is 8.41. The lowest BCUT2D eigenvalue weighted by atomic mass is 10.2. The summed E-state index contributed by atoms with van der Waals surface area (Å²) in [6.45, 7) is 1.46. The molecule has 9 nitrogen and oxygen atoms in total. The third-order valence-electron chi connectivity index (χ3n) is 3.69. The highest BCUT2D eigenvalue weighted by Crippen LogP contribution is 2.30. The van der Waals surface area contributed by atoms with Gasteiger partial charge in [0.25, 0.3) is 0 Å². The van der Waals surface area contributed by atoms with Crippen LogP contribution in [0.5, 0.6) is 11.5 Å². The van der Waals surface area contributed by atoms with Crippen molar-refractivity contribution in [1.29, 1.82) is 0 Å². The van der Waals surface area contributed by atoms with Crippen LogP contribution in [0.4, 0.5) is 28.8 Å². The van der Waals surface area contributed by atoms with Crippen LogP contribution in [-0.2, 0) is 4.79 Å². The molecule has 3 rings (SSSR count). The first-order valence-corrected chi connectivity index (χ1v) is 8.41. The molecule has 1 heterocycles. The van der Waals surface area contributed by atoms with E-state index in [0.717, 1.165) is 5.69 Å². The molecule has 9 heteroatoms. The molecule has 0 unspecified atom stereocenters. The normalized spacial score (nSPS) is 10.1. The average Bonchev–Trinajstić information content (AvgIpc) is 2.69. The first-order chi connectivity index (χ1) is 13.6. The van der Waals surface area contributed by atoms with Crippen molar-refractivity contribution in [2.75, 3.05) is 30.2 Å². The molecule has 0 aliphatic heterocycles. The van der Waals surface area contributed by atoms with Crippen molar-refractivity contribution < 1.29 is 14.3 Å². The number of amides is 1. The first kappa shape index (κ1) is 18.9. The monoisotopic (exact) mass is 380 g/mol. The quantitative estimate of drug-likeness (QED) is 0.572. The Morgan fingerprint density at radius 1 is 0.964 bits per heavy atom. The van der Waals surface area contributed by atoms with E-state index in [4.69, 9.17) is 9.47 Å². The van der Waals surface area contributed by atoms with Gasteiger partial charge in [0.05, 0.1) is 26.1 Å². The van der Waals surface area contributed by atoms with Gasteiger partial charge in [0.2, 0.25) is 11.9 Å². The van der Waals surface area contributed by atoms with Gasteiger partial charge in [-0.05, 0) is 36.4 Å². The smallest absolute Gasteiger partial charge is 0.249 e. The van der Waals surface area contributed by atoms with Gasteiger partial charge in [0.15, 0.2) is 5.82 Å². The third-order valence-corrected chi connectivity index (χ3v) is 3.69. The molecule has 0 aliphatic carbocycles. The number of anilines is 5. The van der Waals surface area contributed by atoms with Crippen molar-refractivity contribution in [3.63, 3.8) is 0 Å². The minimum absolute atomic E-state index is 0.121. The van der Waals surface area contributed by atoms with Gasteiger partial charge in [-0.25, -0.2) is 0 Å². The maximum Gasteiger partial charge on any atom is 0.249 e. The van der Waals surface area contributed by atoms with Crippen LogP contribution >= 0.6 is 0 Å². The van der Waals surface area contributed by atoms with E-state index in [1.54, 1.807) is 44.6 Å². The van der Waals surface area contributed by atoms with Crippen LogP contribution in [0.1, 0.15) is 6.92 Å². The zero-order chi connectivity index (χ0) is 19.9. The summed E-state index contributed by atoms with van der Waals surface area (Å²) in [5.41, 5.74) is 2.16. The number of hydrogen-bond acceptors (Lipinski definition) is 8. The Balaban J connectivity index is 1.75. The summed E-state index contributed by atoms with van der Waals surface area (Å²) in [4.78, 5) is 15.5. The van der Waals surface area contributed by atoms with E-state index in [1.807, 2.05) is 12.1 Å². The van der Waals surface area contributed by atoms with E-state index in [9.17, 15) is 4.79 Å². The number of nitrogens with zero attached hydrogens (tertiary/aromatic N) is 3. The molecule has 0 aliphatic rings. The number of nitrogens with one attached hydrogen (secondary N) is 3. The summed E-state index contributed by atoms with van der Waals surface area (Å²) in [5.74, 6) is 1.98. The SMILES string of the molecule is COc1ccc(OC)c(Nc2nncc(Nc3ccc(NC(C)=O)cc3)n2)c1. The number of ether oxygens (including phenoxy) is 2. The van der Waals surface area contributed by atoms with Crippen LogP contribution < -0.4 is 25.4 Å². The Morgan fingerprint density at radius 2 is 1.71 bits per heavy atom. The minimum atomic E-state index is -0.121. The fraction of sp³-hybridized carbons (Fsp3) is 0.158. The number of carbonyl (C=O) groups is 1. The highest BCUT2D eigenvalue weighted by Gasteiger charge is 2.08. The standard InChI is InChI=1S/C19H20N6O3/c1-12(26)21-13-4-6-14(7-5-13)22-18-11-20-25-19(24-18)23-16-10-15(27-2)8-9-17(16)28-3/h4-11H,1-3H3,(H,21,26)(H2,22,23,24,25). The van der Waals surface area contributed by atoms with Crippen LogP contribution in [0, 0.1) is 0 Å². The summed E-state index contributed by atoms with van der Waals surface area (Å²) in [7, 11) is 3.17. The molecule has 144 valence electrons. The van der Waals surface area contributed by atoms with Crippen molar-refractivity contribution in [2.24, 2.45) is 0 Å². The summed E-state index contributed by atoms with van der Waals surface area (Å²) in [6, 6.07) is 12.6. The van der Waals surface area contributed by atoms with Crippen molar-refractivity contribution in [3.05, 3.63) is 48.7 Å². The number of aromatic nitrogens is 3. The highest BCUT2D eigenvalue weighted by atomic mass is 16.5. The van der Waals surface area contributed by atoms with Crippen LogP contribution in [0.2, 0.25) is 0 Å². The molecule has 0 saturated carbocycles. The van der Waals surface area contributed by atoms with Crippen LogP contribution in [0.15, 0.2) is 48.7 Å². The van der Waals surface area contributed by atoms with Gasteiger partial charge in [0.1, 0.15) is 11.5 Å². The molecule has 0 atom stereocenters. The van der Waals surface area contributed by atoms with Crippen LogP contribution in [-0.4, -0.2) is 35.3 Å². The molecule has 0 bridgehead atoms. The molecule has 0 saturated heterocycles. The zero-order valence-electron chi connectivity index (χ0n) is 15.7. The van der Waals surface area contributed by atoms with Gasteiger partial charge in [-0.1, -0.05) is 0 Å². The highest BCUT2D eigenvalue weighted by molar-refractivity contribution is 5.88. The van der Waals surface area contributed by atoms with Gasteiger partial charge >= 0.3 is 0 Å². The Bertz CT molecular complexity index is 962. The lowest BCUT2D eigenvalue weighted by molar-refractivity contribution is -0.114. The fourth-order valence-electron chi connectivity index (χ4n) is 2.44. The summed E-state index contributed by atoms with van der Waals surface area (Å²) < 4.78 is 10.6.